The fraction of sp³-hybridized carbons (Fsp3) is 0.467. The van der Waals surface area contributed by atoms with Gasteiger partial charge < -0.3 is 4.90 Å². The average Bonchev–Trinajstić information content (AvgIpc) is 2.83. The first kappa shape index (κ1) is 12.2. The molecule has 1 aromatic carbocycles. The number of aromatic amines is 1. The van der Waals surface area contributed by atoms with Crippen LogP contribution in [0.3, 0.4) is 0 Å². The van der Waals surface area contributed by atoms with E-state index in [1.54, 1.807) is 6.20 Å². The molecule has 4 heteroatoms. The van der Waals surface area contributed by atoms with E-state index in [1.807, 2.05) is 23.1 Å². The van der Waals surface area contributed by atoms with Crippen molar-refractivity contribution in [3.05, 3.63) is 30.0 Å². The number of hydrogen-bond acceptors (Lipinski definition) is 2. The van der Waals surface area contributed by atoms with Crippen molar-refractivity contribution in [2.45, 2.75) is 26.7 Å². The highest BCUT2D eigenvalue weighted by atomic mass is 16.2. The Labute approximate surface area is 112 Å². The monoisotopic (exact) mass is 257 g/mol. The second-order valence-electron chi connectivity index (χ2n) is 6.17. The van der Waals surface area contributed by atoms with Crippen molar-refractivity contribution in [3.8, 4) is 0 Å². The van der Waals surface area contributed by atoms with Crippen LogP contribution in [-0.2, 0) is 0 Å². The van der Waals surface area contributed by atoms with Gasteiger partial charge in [-0.2, -0.15) is 5.10 Å². The zero-order valence-electron chi connectivity index (χ0n) is 11.4. The summed E-state index contributed by atoms with van der Waals surface area (Å²) >= 11 is 0. The number of carbonyl (C=O) groups excluding carboxylic acids is 1. The molecule has 100 valence electrons. The Morgan fingerprint density at radius 3 is 3.05 bits per heavy atom. The highest BCUT2D eigenvalue weighted by Gasteiger charge is 2.29. The number of fused-ring (bicyclic) bond motifs is 1. The van der Waals surface area contributed by atoms with Gasteiger partial charge in [0, 0.05) is 24.0 Å². The van der Waals surface area contributed by atoms with Gasteiger partial charge >= 0.3 is 0 Å². The third-order valence-electron chi connectivity index (χ3n) is 3.88. The maximum absolute atomic E-state index is 12.5. The normalized spacial score (nSPS) is 18.7. The lowest BCUT2D eigenvalue weighted by Gasteiger charge is -2.38. The van der Waals surface area contributed by atoms with E-state index >= 15 is 0 Å². The first-order valence-electron chi connectivity index (χ1n) is 6.78. The number of amides is 1. The summed E-state index contributed by atoms with van der Waals surface area (Å²) < 4.78 is 0. The van der Waals surface area contributed by atoms with E-state index < -0.39 is 0 Å². The van der Waals surface area contributed by atoms with Crippen molar-refractivity contribution in [1.29, 1.82) is 0 Å². The van der Waals surface area contributed by atoms with Gasteiger partial charge in [0.2, 0.25) is 0 Å². The van der Waals surface area contributed by atoms with Gasteiger partial charge in [0.15, 0.2) is 0 Å². The number of benzene rings is 1. The van der Waals surface area contributed by atoms with Gasteiger partial charge in [-0.3, -0.25) is 9.89 Å². The highest BCUT2D eigenvalue weighted by Crippen LogP contribution is 2.29. The summed E-state index contributed by atoms with van der Waals surface area (Å²) in [5.41, 5.74) is 1.89. The number of carbonyl (C=O) groups is 1. The average molecular weight is 257 g/mol. The van der Waals surface area contributed by atoms with Gasteiger partial charge in [-0.1, -0.05) is 19.9 Å². The number of nitrogens with one attached hydrogen (secondary N) is 1. The van der Waals surface area contributed by atoms with Crippen molar-refractivity contribution in [1.82, 2.24) is 15.1 Å². The molecule has 0 saturated carbocycles. The maximum Gasteiger partial charge on any atom is 0.253 e. The predicted molar refractivity (Wildman–Crippen MR) is 75.0 cm³/mol. The fourth-order valence-corrected chi connectivity index (χ4v) is 2.85. The Hall–Kier alpha value is -1.84. The van der Waals surface area contributed by atoms with Crippen LogP contribution in [0.4, 0.5) is 0 Å². The number of nitrogens with zero attached hydrogens (tertiary/aromatic N) is 2. The highest BCUT2D eigenvalue weighted by molar-refractivity contribution is 5.97. The first-order valence-corrected chi connectivity index (χ1v) is 6.78. The Balaban J connectivity index is 1.86. The van der Waals surface area contributed by atoms with Crippen LogP contribution in [0.2, 0.25) is 0 Å². The summed E-state index contributed by atoms with van der Waals surface area (Å²) in [6.07, 6.45) is 4.05. The van der Waals surface area contributed by atoms with E-state index in [1.165, 1.54) is 6.42 Å². The van der Waals surface area contributed by atoms with E-state index in [-0.39, 0.29) is 11.3 Å². The Morgan fingerprint density at radius 1 is 1.42 bits per heavy atom. The predicted octanol–water partition coefficient (Wildman–Crippen LogP) is 2.83. The summed E-state index contributed by atoms with van der Waals surface area (Å²) in [5.74, 6) is 0.129. The molecule has 0 spiro atoms. The smallest absolute Gasteiger partial charge is 0.253 e. The van der Waals surface area contributed by atoms with E-state index in [9.17, 15) is 4.79 Å². The molecule has 0 aliphatic carbocycles. The minimum Gasteiger partial charge on any atom is -0.338 e. The van der Waals surface area contributed by atoms with Crippen LogP contribution in [0.1, 0.15) is 37.0 Å². The number of H-pyrrole nitrogens is 1. The standard InChI is InChI=1S/C15H19N3O/c1-15(2)6-3-7-18(10-15)14(19)11-4-5-12-9-16-17-13(12)8-11/h4-5,8-9H,3,6-7,10H2,1-2H3,(H,16,17). The van der Waals surface area contributed by atoms with E-state index in [0.717, 1.165) is 36.0 Å². The molecule has 3 rings (SSSR count). The second kappa shape index (κ2) is 4.37. The van der Waals surface area contributed by atoms with Crippen molar-refractivity contribution >= 4 is 16.8 Å². The quantitative estimate of drug-likeness (QED) is 0.854. The molecule has 4 nitrogen and oxygen atoms in total. The van der Waals surface area contributed by atoms with Crippen LogP contribution < -0.4 is 0 Å². The maximum atomic E-state index is 12.5. The van der Waals surface area contributed by atoms with Crippen LogP contribution in [0.5, 0.6) is 0 Å². The van der Waals surface area contributed by atoms with Gasteiger partial charge in [0.1, 0.15) is 0 Å². The molecule has 1 fully saturated rings. The van der Waals surface area contributed by atoms with Crippen LogP contribution in [0, 0.1) is 5.41 Å². The SMILES string of the molecule is CC1(C)CCCN(C(=O)c2ccc3cn[nH]c3c2)C1. The summed E-state index contributed by atoms with van der Waals surface area (Å²) in [4.78, 5) is 14.5. The number of aromatic nitrogens is 2. The lowest BCUT2D eigenvalue weighted by atomic mass is 9.84. The zero-order valence-corrected chi connectivity index (χ0v) is 11.4. The van der Waals surface area contributed by atoms with Crippen LogP contribution in [0.15, 0.2) is 24.4 Å². The first-order chi connectivity index (χ1) is 9.05. The van der Waals surface area contributed by atoms with Crippen LogP contribution in [0.25, 0.3) is 10.9 Å². The Kier molecular flexibility index (Phi) is 2.81. The van der Waals surface area contributed by atoms with Gasteiger partial charge in [-0.15, -0.1) is 0 Å². The van der Waals surface area contributed by atoms with Crippen molar-refractivity contribution < 1.29 is 4.79 Å². The largest absolute Gasteiger partial charge is 0.338 e. The zero-order chi connectivity index (χ0) is 13.5. The van der Waals surface area contributed by atoms with E-state index in [2.05, 4.69) is 24.0 Å². The number of rotatable bonds is 1. The Bertz CT molecular complexity index is 615. The molecule has 2 heterocycles. The van der Waals surface area contributed by atoms with Crippen LogP contribution >= 0.6 is 0 Å². The van der Waals surface area contributed by atoms with E-state index in [0.29, 0.717) is 0 Å². The van der Waals surface area contributed by atoms with Crippen LogP contribution in [-0.4, -0.2) is 34.1 Å². The fourth-order valence-electron chi connectivity index (χ4n) is 2.85. The molecule has 1 N–H and O–H groups in total. The molecule has 0 bridgehead atoms. The van der Waals surface area contributed by atoms with Gasteiger partial charge in [0.05, 0.1) is 11.7 Å². The lowest BCUT2D eigenvalue weighted by molar-refractivity contribution is 0.0583. The number of likely N-dealkylation sites (tertiary alicyclic amines) is 1. The molecular weight excluding hydrogens is 238 g/mol. The minimum absolute atomic E-state index is 0.129. The molecule has 1 saturated heterocycles. The molecule has 1 aliphatic heterocycles. The number of hydrogen-bond donors (Lipinski definition) is 1. The minimum atomic E-state index is 0.129. The molecule has 0 unspecified atom stereocenters. The summed E-state index contributed by atoms with van der Waals surface area (Å²) in [5, 5.41) is 7.94. The van der Waals surface area contributed by atoms with E-state index in [4.69, 9.17) is 0 Å². The molecule has 1 aliphatic rings. The van der Waals surface area contributed by atoms with Crippen molar-refractivity contribution in [3.63, 3.8) is 0 Å². The van der Waals surface area contributed by atoms with Crippen molar-refractivity contribution in [2.75, 3.05) is 13.1 Å². The number of piperidine rings is 1. The van der Waals surface area contributed by atoms with Gasteiger partial charge in [0.25, 0.3) is 5.91 Å². The molecular formula is C15H19N3O. The molecule has 1 aromatic heterocycles. The topological polar surface area (TPSA) is 49.0 Å². The van der Waals surface area contributed by atoms with Gasteiger partial charge in [-0.25, -0.2) is 0 Å². The third kappa shape index (κ3) is 2.35. The summed E-state index contributed by atoms with van der Waals surface area (Å²) in [7, 11) is 0. The molecule has 0 radical (unpaired) electrons. The summed E-state index contributed by atoms with van der Waals surface area (Å²) in [6.45, 7) is 6.16. The second-order valence-corrected chi connectivity index (χ2v) is 6.17. The molecule has 19 heavy (non-hydrogen) atoms. The lowest BCUT2D eigenvalue weighted by Crippen LogP contribution is -2.43. The Morgan fingerprint density at radius 2 is 2.26 bits per heavy atom. The summed E-state index contributed by atoms with van der Waals surface area (Å²) in [6, 6.07) is 5.73. The van der Waals surface area contributed by atoms with Crippen molar-refractivity contribution in [2.24, 2.45) is 5.41 Å². The third-order valence-corrected chi connectivity index (χ3v) is 3.88. The molecule has 0 atom stereocenters. The van der Waals surface area contributed by atoms with Gasteiger partial charge in [-0.05, 0) is 30.4 Å². The molecule has 1 amide bonds. The molecule has 2 aromatic rings.